The minimum atomic E-state index is -0.975. The molecule has 0 saturated heterocycles. The molecule has 0 amide bonds. The summed E-state index contributed by atoms with van der Waals surface area (Å²) < 4.78 is 0. The largest absolute Gasteiger partial charge is 0.481 e. The van der Waals surface area contributed by atoms with E-state index in [0.29, 0.717) is 5.69 Å². The molecule has 0 spiro atoms. The fraction of sp³-hybridized carbons (Fsp3) is 0.429. The van der Waals surface area contributed by atoms with Crippen LogP contribution in [0.15, 0.2) is 0 Å². The number of nitro groups is 1. The van der Waals surface area contributed by atoms with E-state index in [2.05, 4.69) is 15.5 Å². The summed E-state index contributed by atoms with van der Waals surface area (Å²) >= 11 is 0. The van der Waals surface area contributed by atoms with Gasteiger partial charge in [0, 0.05) is 6.54 Å². The van der Waals surface area contributed by atoms with Gasteiger partial charge in [-0.1, -0.05) is 0 Å². The lowest BCUT2D eigenvalue weighted by Gasteiger charge is -1.99. The average molecular weight is 214 g/mol. The van der Waals surface area contributed by atoms with Gasteiger partial charge in [0.25, 0.3) is 0 Å². The number of nitrogens with zero attached hydrogens (tertiary/aromatic N) is 2. The van der Waals surface area contributed by atoms with Gasteiger partial charge in [-0.15, -0.1) is 0 Å². The molecule has 8 heteroatoms. The van der Waals surface area contributed by atoms with Crippen molar-refractivity contribution in [3.8, 4) is 0 Å². The average Bonchev–Trinajstić information content (AvgIpc) is 2.46. The molecule has 0 unspecified atom stereocenters. The van der Waals surface area contributed by atoms with Crippen LogP contribution in [0.4, 0.5) is 11.5 Å². The van der Waals surface area contributed by atoms with Gasteiger partial charge in [-0.05, 0) is 6.92 Å². The number of nitrogens with one attached hydrogen (secondary N) is 2. The highest BCUT2D eigenvalue weighted by molar-refractivity contribution is 5.68. The molecule has 15 heavy (non-hydrogen) atoms. The van der Waals surface area contributed by atoms with E-state index in [1.165, 1.54) is 6.92 Å². The third kappa shape index (κ3) is 2.66. The lowest BCUT2D eigenvalue weighted by atomic mass is 10.3. The molecular formula is C7H10N4O4. The predicted molar refractivity (Wildman–Crippen MR) is 50.7 cm³/mol. The van der Waals surface area contributed by atoms with E-state index in [1.807, 2.05) is 0 Å². The highest BCUT2D eigenvalue weighted by Crippen LogP contribution is 2.24. The van der Waals surface area contributed by atoms with E-state index in [9.17, 15) is 14.9 Å². The lowest BCUT2D eigenvalue weighted by molar-refractivity contribution is -0.384. The number of anilines is 1. The summed E-state index contributed by atoms with van der Waals surface area (Å²) in [5.41, 5.74) is 0.179. The van der Waals surface area contributed by atoms with Crippen molar-refractivity contribution in [1.82, 2.24) is 10.2 Å². The number of aryl methyl sites for hydroxylation is 1. The van der Waals surface area contributed by atoms with E-state index in [4.69, 9.17) is 5.11 Å². The number of aliphatic carboxylic acids is 1. The van der Waals surface area contributed by atoms with Crippen LogP contribution in [-0.4, -0.2) is 32.7 Å². The third-order valence-corrected chi connectivity index (χ3v) is 1.73. The molecule has 0 aliphatic heterocycles. The fourth-order valence-electron chi connectivity index (χ4n) is 1.06. The van der Waals surface area contributed by atoms with Crippen LogP contribution in [0.2, 0.25) is 0 Å². The molecule has 0 aromatic carbocycles. The van der Waals surface area contributed by atoms with Gasteiger partial charge in [0.05, 0.1) is 11.3 Å². The van der Waals surface area contributed by atoms with E-state index < -0.39 is 10.9 Å². The Morgan fingerprint density at radius 2 is 2.40 bits per heavy atom. The molecule has 0 aliphatic carbocycles. The number of carbonyl (C=O) groups is 1. The summed E-state index contributed by atoms with van der Waals surface area (Å²) in [5.74, 6) is -0.906. The third-order valence-electron chi connectivity index (χ3n) is 1.73. The first-order valence-corrected chi connectivity index (χ1v) is 4.17. The maximum atomic E-state index is 10.6. The first-order chi connectivity index (χ1) is 7.02. The van der Waals surface area contributed by atoms with Crippen molar-refractivity contribution in [3.05, 3.63) is 15.8 Å². The summed E-state index contributed by atoms with van der Waals surface area (Å²) in [7, 11) is 0. The molecule has 1 aromatic rings. The topological polar surface area (TPSA) is 121 Å². The highest BCUT2D eigenvalue weighted by atomic mass is 16.6. The minimum absolute atomic E-state index is 0.0683. The van der Waals surface area contributed by atoms with Crippen LogP contribution in [0.3, 0.4) is 0 Å². The summed E-state index contributed by atoms with van der Waals surface area (Å²) in [6.07, 6.45) is -0.122. The van der Waals surface area contributed by atoms with Crippen molar-refractivity contribution in [2.24, 2.45) is 0 Å². The first-order valence-electron chi connectivity index (χ1n) is 4.17. The molecule has 0 atom stereocenters. The Morgan fingerprint density at radius 3 is 2.93 bits per heavy atom. The molecule has 0 aliphatic rings. The number of aromatic nitrogens is 2. The van der Waals surface area contributed by atoms with Crippen LogP contribution in [0.1, 0.15) is 12.1 Å². The van der Waals surface area contributed by atoms with Crippen molar-refractivity contribution in [1.29, 1.82) is 0 Å². The van der Waals surface area contributed by atoms with Gasteiger partial charge in [-0.2, -0.15) is 5.10 Å². The molecule has 0 fully saturated rings. The van der Waals surface area contributed by atoms with Gasteiger partial charge >= 0.3 is 11.7 Å². The molecule has 1 heterocycles. The Kier molecular flexibility index (Phi) is 3.21. The molecule has 1 aromatic heterocycles. The molecule has 0 radical (unpaired) electrons. The van der Waals surface area contributed by atoms with Crippen LogP contribution >= 0.6 is 0 Å². The van der Waals surface area contributed by atoms with Gasteiger partial charge < -0.3 is 10.4 Å². The number of hydrogen-bond donors (Lipinski definition) is 3. The van der Waals surface area contributed by atoms with E-state index >= 15 is 0 Å². The number of rotatable bonds is 5. The summed E-state index contributed by atoms with van der Waals surface area (Å²) in [6.45, 7) is 1.62. The van der Waals surface area contributed by atoms with Gasteiger partial charge in [0.15, 0.2) is 0 Å². The molecule has 1 rings (SSSR count). The minimum Gasteiger partial charge on any atom is -0.481 e. The lowest BCUT2D eigenvalue weighted by Crippen LogP contribution is -2.08. The van der Waals surface area contributed by atoms with Crippen molar-refractivity contribution >= 4 is 17.5 Å². The van der Waals surface area contributed by atoms with Gasteiger partial charge in [-0.25, -0.2) is 0 Å². The smallest absolute Gasteiger partial charge is 0.333 e. The Balaban J connectivity index is 2.69. The zero-order valence-corrected chi connectivity index (χ0v) is 7.98. The van der Waals surface area contributed by atoms with Crippen molar-refractivity contribution in [3.63, 3.8) is 0 Å². The van der Waals surface area contributed by atoms with Gasteiger partial charge in [0.2, 0.25) is 5.82 Å². The summed E-state index contributed by atoms with van der Waals surface area (Å²) in [4.78, 5) is 20.2. The van der Waals surface area contributed by atoms with Crippen LogP contribution < -0.4 is 5.32 Å². The standard InChI is InChI=1S/C7H10N4O4/c1-4-6(11(14)15)7(10-9-4)8-3-2-5(12)13/h2-3H2,1H3,(H,12,13)(H2,8,9,10). The number of aromatic amines is 1. The second-order valence-corrected chi connectivity index (χ2v) is 2.87. The van der Waals surface area contributed by atoms with Crippen molar-refractivity contribution in [2.45, 2.75) is 13.3 Å². The molecular weight excluding hydrogens is 204 g/mol. The Labute approximate surface area is 84.4 Å². The number of carboxylic acid groups (broad SMARTS) is 1. The van der Waals surface area contributed by atoms with Crippen LogP contribution in [0.25, 0.3) is 0 Å². The second kappa shape index (κ2) is 4.40. The molecule has 3 N–H and O–H groups in total. The summed E-state index contributed by atoms with van der Waals surface area (Å²) in [6, 6.07) is 0. The van der Waals surface area contributed by atoms with E-state index in [1.54, 1.807) is 0 Å². The zero-order chi connectivity index (χ0) is 11.4. The number of hydrogen-bond acceptors (Lipinski definition) is 5. The number of carboxylic acids is 1. The predicted octanol–water partition coefficient (Wildman–Crippen LogP) is 0.513. The summed E-state index contributed by atoms with van der Waals surface area (Å²) in [5, 5.41) is 27.7. The van der Waals surface area contributed by atoms with Gasteiger partial charge in [-0.3, -0.25) is 20.0 Å². The van der Waals surface area contributed by atoms with E-state index in [0.717, 1.165) is 0 Å². The van der Waals surface area contributed by atoms with Gasteiger partial charge in [0.1, 0.15) is 5.69 Å². The Bertz CT molecular complexity index is 386. The fourth-order valence-corrected chi connectivity index (χ4v) is 1.06. The first kappa shape index (κ1) is 11.0. The van der Waals surface area contributed by atoms with E-state index in [-0.39, 0.29) is 24.5 Å². The SMILES string of the molecule is Cc1[nH]nc(NCCC(=O)O)c1[N+](=O)[O-]. The molecule has 8 nitrogen and oxygen atoms in total. The number of H-pyrrole nitrogens is 1. The quantitative estimate of drug-likeness (QED) is 0.485. The zero-order valence-electron chi connectivity index (χ0n) is 7.98. The van der Waals surface area contributed by atoms with Crippen LogP contribution in [0, 0.1) is 17.0 Å². The maximum Gasteiger partial charge on any atom is 0.333 e. The normalized spacial score (nSPS) is 9.93. The Morgan fingerprint density at radius 1 is 1.73 bits per heavy atom. The highest BCUT2D eigenvalue weighted by Gasteiger charge is 2.20. The van der Waals surface area contributed by atoms with Crippen molar-refractivity contribution < 1.29 is 14.8 Å². The van der Waals surface area contributed by atoms with Crippen molar-refractivity contribution in [2.75, 3.05) is 11.9 Å². The monoisotopic (exact) mass is 214 g/mol. The van der Waals surface area contributed by atoms with Crippen LogP contribution in [0.5, 0.6) is 0 Å². The molecule has 0 bridgehead atoms. The molecule has 0 saturated carbocycles. The second-order valence-electron chi connectivity index (χ2n) is 2.87. The maximum absolute atomic E-state index is 10.6. The molecule has 82 valence electrons. The Hall–Kier alpha value is -2.12. The van der Waals surface area contributed by atoms with Crippen LogP contribution in [-0.2, 0) is 4.79 Å².